The van der Waals surface area contributed by atoms with Gasteiger partial charge in [-0.3, -0.25) is 0 Å². The molecule has 0 aromatic heterocycles. The molecule has 3 aromatic carbocycles. The molecule has 1 atom stereocenters. The van der Waals surface area contributed by atoms with E-state index in [4.69, 9.17) is 0 Å². The van der Waals surface area contributed by atoms with E-state index < -0.39 is 8.07 Å². The summed E-state index contributed by atoms with van der Waals surface area (Å²) < 4.78 is -0.218. The van der Waals surface area contributed by atoms with E-state index in [-0.39, 0.29) is 73.1 Å². The first-order valence-corrected chi connectivity index (χ1v) is 22.7. The number of hydrogen-bond donors (Lipinski definition) is 0. The Bertz CT molecular complexity index is 1590. The molecule has 0 aliphatic heterocycles. The summed E-state index contributed by atoms with van der Waals surface area (Å²) in [6.45, 7) is 48.0. The molecule has 1 unspecified atom stereocenters. The van der Waals surface area contributed by atoms with Crippen molar-refractivity contribution in [3.8, 4) is 0 Å². The van der Waals surface area contributed by atoms with E-state index in [1.807, 2.05) is 0 Å². The summed E-state index contributed by atoms with van der Waals surface area (Å²) in [7, 11) is -3.06. The van der Waals surface area contributed by atoms with Crippen molar-refractivity contribution < 1.29 is 57.7 Å². The van der Waals surface area contributed by atoms with Crippen LogP contribution in [0.3, 0.4) is 0 Å². The molecule has 0 saturated carbocycles. The van der Waals surface area contributed by atoms with E-state index in [1.54, 1.807) is 5.57 Å². The average Bonchev–Trinajstić information content (AvgIpc) is 3.37. The zero-order valence-electron chi connectivity index (χ0n) is 38.1. The SMILES string of the molecule is CC(C)C1=CC=C[C]1([Ti+3])[Si](c1cc(C(C)(C)C)cc(C(C)(C)C)c1)(c1cc(C(C)(C)C)cc(C(C)(C)C)c1)c1cc(C(C)(C)C)cc(C(C)(C)C)c1.[Cl-].[Cl-].[Cl-]. The standard InChI is InChI=1S/C50H73Si.3ClH.Ti/c1-33(2)43-22-21-23-44(43)51(40-27-34(45(3,4)5)24-35(28-40)46(6,7)8,41-29-36(47(9,10)11)25-37(30-41)48(12,13)14)42-31-38(49(15,16)17)26-39(32-42)50(18,19)20;;;;/h21-33H,1-20H3;3*1H;/q;;;;+3/p-3. The van der Waals surface area contributed by atoms with Crippen molar-refractivity contribution >= 4 is 23.6 Å². The zero-order valence-corrected chi connectivity index (χ0v) is 43.0. The molecule has 1 aliphatic carbocycles. The largest absolute Gasteiger partial charge is 1.00 e. The van der Waals surface area contributed by atoms with Crippen molar-refractivity contribution in [1.29, 1.82) is 0 Å². The molecule has 0 fully saturated rings. The van der Waals surface area contributed by atoms with E-state index in [2.05, 4.69) is 232 Å². The Hall–Kier alpha value is -1.06. The van der Waals surface area contributed by atoms with Crippen LogP contribution in [0, 0.1) is 5.92 Å². The minimum absolute atomic E-state index is 0. The van der Waals surface area contributed by atoms with Gasteiger partial charge in [-0.25, -0.2) is 0 Å². The minimum atomic E-state index is -3.06. The molecule has 0 N–H and O–H groups in total. The zero-order chi connectivity index (χ0) is 39.8. The Morgan fingerprint density at radius 1 is 0.418 bits per heavy atom. The smallest absolute Gasteiger partial charge is 1.00 e. The molecular weight excluding hydrogens is 783 g/mol. The Labute approximate surface area is 370 Å². The van der Waals surface area contributed by atoms with Crippen molar-refractivity contribution in [3.05, 3.63) is 112 Å². The second-order valence-corrected chi connectivity index (χ2v) is 28.6. The molecule has 0 radical (unpaired) electrons. The van der Waals surface area contributed by atoms with Crippen LogP contribution in [-0.2, 0) is 52.9 Å². The number of allylic oxidation sites excluding steroid dienone is 4. The second-order valence-electron chi connectivity index (χ2n) is 22.6. The summed E-state index contributed by atoms with van der Waals surface area (Å²) in [5.41, 5.74) is 10.1. The summed E-state index contributed by atoms with van der Waals surface area (Å²) in [6.07, 6.45) is 7.49. The average molecular weight is 856 g/mol. The number of halogens is 3. The van der Waals surface area contributed by atoms with Crippen LogP contribution in [0.4, 0.5) is 0 Å². The van der Waals surface area contributed by atoms with E-state index in [0.717, 1.165) is 0 Å². The van der Waals surface area contributed by atoms with Crippen LogP contribution in [0.1, 0.15) is 172 Å². The summed E-state index contributed by atoms with van der Waals surface area (Å²) in [6, 6.07) is 23.5. The van der Waals surface area contributed by atoms with Crippen LogP contribution >= 0.6 is 0 Å². The van der Waals surface area contributed by atoms with Crippen LogP contribution in [-0.4, -0.2) is 8.07 Å². The van der Waals surface area contributed by atoms with E-state index in [0.29, 0.717) is 5.92 Å². The number of hydrogen-bond acceptors (Lipinski definition) is 0. The van der Waals surface area contributed by atoms with Gasteiger partial charge in [0.15, 0.2) is 0 Å². The fraction of sp³-hybridized carbons (Fsp3) is 0.560. The molecule has 0 spiro atoms. The predicted molar refractivity (Wildman–Crippen MR) is 231 cm³/mol. The third kappa shape index (κ3) is 10.4. The van der Waals surface area contributed by atoms with Gasteiger partial charge in [0.1, 0.15) is 0 Å². The van der Waals surface area contributed by atoms with Gasteiger partial charge in [0, 0.05) is 0 Å². The van der Waals surface area contributed by atoms with Crippen LogP contribution in [0.15, 0.2) is 78.4 Å². The maximum atomic E-state index is 2.66. The van der Waals surface area contributed by atoms with Gasteiger partial charge >= 0.3 is 336 Å². The predicted octanol–water partition coefficient (Wildman–Crippen LogP) is 3.35. The Morgan fingerprint density at radius 3 is 0.818 bits per heavy atom. The maximum Gasteiger partial charge on any atom is -1.00 e. The van der Waals surface area contributed by atoms with Gasteiger partial charge in [0.05, 0.1) is 0 Å². The van der Waals surface area contributed by atoms with Gasteiger partial charge in [0.2, 0.25) is 0 Å². The van der Waals surface area contributed by atoms with Gasteiger partial charge in [-0.15, -0.1) is 0 Å². The van der Waals surface area contributed by atoms with E-state index >= 15 is 0 Å². The molecule has 0 nitrogen and oxygen atoms in total. The van der Waals surface area contributed by atoms with Gasteiger partial charge in [-0.1, -0.05) is 0 Å². The van der Waals surface area contributed by atoms with Gasteiger partial charge in [-0.2, -0.15) is 0 Å². The van der Waals surface area contributed by atoms with Crippen molar-refractivity contribution in [2.24, 2.45) is 5.92 Å². The third-order valence-electron chi connectivity index (χ3n) is 11.6. The van der Waals surface area contributed by atoms with Gasteiger partial charge in [-0.05, 0) is 0 Å². The summed E-state index contributed by atoms with van der Waals surface area (Å²) in [4.78, 5) is 0. The monoisotopic (exact) mass is 854 g/mol. The molecule has 55 heavy (non-hydrogen) atoms. The van der Waals surface area contributed by atoms with Gasteiger partial charge in [0.25, 0.3) is 0 Å². The summed E-state index contributed by atoms with van der Waals surface area (Å²) in [5.74, 6) is 0.403. The van der Waals surface area contributed by atoms with Gasteiger partial charge < -0.3 is 37.2 Å². The summed E-state index contributed by atoms with van der Waals surface area (Å²) in [5, 5.41) is 4.59. The minimum Gasteiger partial charge on any atom is -1.00 e. The maximum absolute atomic E-state index is 3.06. The molecule has 5 heteroatoms. The van der Waals surface area contributed by atoms with Crippen LogP contribution in [0.2, 0.25) is 3.34 Å². The Morgan fingerprint density at radius 2 is 0.636 bits per heavy atom. The molecule has 0 amide bonds. The van der Waals surface area contributed by atoms with Crippen LogP contribution in [0.5, 0.6) is 0 Å². The molecule has 0 heterocycles. The first-order chi connectivity index (χ1) is 23.2. The van der Waals surface area contributed by atoms with Crippen molar-refractivity contribution in [1.82, 2.24) is 0 Å². The second kappa shape index (κ2) is 16.9. The topological polar surface area (TPSA) is 0 Å². The molecule has 0 bridgehead atoms. The quantitative estimate of drug-likeness (QED) is 0.273. The Kier molecular flexibility index (Phi) is 16.0. The fourth-order valence-corrected chi connectivity index (χ4v) is 16.3. The molecular formula is C50H73Cl3SiTi. The molecule has 3 aromatic rings. The van der Waals surface area contributed by atoms with Crippen LogP contribution < -0.4 is 52.8 Å². The van der Waals surface area contributed by atoms with E-state index in [1.165, 1.54) is 48.9 Å². The number of rotatable bonds is 5. The molecule has 1 aliphatic rings. The van der Waals surface area contributed by atoms with Crippen LogP contribution in [0.25, 0.3) is 0 Å². The molecule has 302 valence electrons. The molecule has 4 rings (SSSR count). The fourth-order valence-electron chi connectivity index (χ4n) is 7.83. The first kappa shape index (κ1) is 52.0. The Balaban J connectivity index is 0.00000504. The first-order valence-electron chi connectivity index (χ1n) is 19.9. The molecule has 0 saturated heterocycles. The van der Waals surface area contributed by atoms with Crippen molar-refractivity contribution in [3.63, 3.8) is 0 Å². The van der Waals surface area contributed by atoms with Crippen molar-refractivity contribution in [2.45, 2.75) is 174 Å². The van der Waals surface area contributed by atoms with Crippen molar-refractivity contribution in [2.75, 3.05) is 0 Å². The summed E-state index contributed by atoms with van der Waals surface area (Å²) >= 11 is 2.62. The number of benzene rings is 3. The third-order valence-corrected chi connectivity index (χ3v) is 19.2. The van der Waals surface area contributed by atoms with E-state index in [9.17, 15) is 0 Å². The normalized spacial score (nSPS) is 17.0.